The van der Waals surface area contributed by atoms with Crippen LogP contribution < -0.4 is 10.1 Å². The van der Waals surface area contributed by atoms with Crippen LogP contribution in [0.3, 0.4) is 0 Å². The van der Waals surface area contributed by atoms with Gasteiger partial charge in [-0.15, -0.1) is 0 Å². The average molecular weight is 322 g/mol. The molecule has 0 aromatic heterocycles. The first-order valence-corrected chi connectivity index (χ1v) is 7.49. The molecule has 2 N–H and O–H groups in total. The Labute approximate surface area is 135 Å². The van der Waals surface area contributed by atoms with Gasteiger partial charge in [-0.3, -0.25) is 4.79 Å². The predicted molar refractivity (Wildman–Crippen MR) is 83.9 cm³/mol. The molecule has 0 saturated carbocycles. The summed E-state index contributed by atoms with van der Waals surface area (Å²) in [5.41, 5.74) is 1.02. The first-order chi connectivity index (χ1) is 11.0. The van der Waals surface area contributed by atoms with Crippen molar-refractivity contribution in [1.82, 2.24) is 10.2 Å². The standard InChI is InChI=1S/C16H22N2O5/c1-18-7-8-23-14(10-18)15(19)17-6-5-11-3-4-12(16(20)21)9-13(11)22-2/h3-4,9,14H,5-8,10H2,1-2H3,(H,17,19)(H,20,21). The van der Waals surface area contributed by atoms with Gasteiger partial charge in [-0.25, -0.2) is 4.79 Å². The summed E-state index contributed by atoms with van der Waals surface area (Å²) < 4.78 is 10.7. The molecule has 1 aromatic carbocycles. The zero-order valence-corrected chi connectivity index (χ0v) is 13.4. The number of carboxylic acids is 1. The summed E-state index contributed by atoms with van der Waals surface area (Å²) in [5.74, 6) is -0.618. The fourth-order valence-electron chi connectivity index (χ4n) is 2.45. The van der Waals surface area contributed by atoms with Gasteiger partial charge in [-0.1, -0.05) is 6.07 Å². The minimum atomic E-state index is -0.998. The van der Waals surface area contributed by atoms with Crippen molar-refractivity contribution in [3.63, 3.8) is 0 Å². The number of benzene rings is 1. The summed E-state index contributed by atoms with van der Waals surface area (Å²) in [6.07, 6.45) is 0.113. The van der Waals surface area contributed by atoms with Gasteiger partial charge in [0, 0.05) is 19.6 Å². The topological polar surface area (TPSA) is 88.1 Å². The molecule has 0 radical (unpaired) electrons. The van der Waals surface area contributed by atoms with E-state index in [2.05, 4.69) is 10.2 Å². The van der Waals surface area contributed by atoms with Crippen molar-refractivity contribution in [3.05, 3.63) is 29.3 Å². The molecule has 1 atom stereocenters. The highest BCUT2D eigenvalue weighted by Gasteiger charge is 2.24. The molecule has 7 nitrogen and oxygen atoms in total. The lowest BCUT2D eigenvalue weighted by Gasteiger charge is -2.29. The zero-order valence-electron chi connectivity index (χ0n) is 13.4. The van der Waals surface area contributed by atoms with E-state index < -0.39 is 12.1 Å². The number of hydrogen-bond donors (Lipinski definition) is 2. The van der Waals surface area contributed by atoms with E-state index in [1.807, 2.05) is 7.05 Å². The van der Waals surface area contributed by atoms with Gasteiger partial charge in [-0.2, -0.15) is 0 Å². The Kier molecular flexibility index (Phi) is 5.95. The van der Waals surface area contributed by atoms with Crippen molar-refractivity contribution in [2.45, 2.75) is 12.5 Å². The van der Waals surface area contributed by atoms with Gasteiger partial charge in [0.1, 0.15) is 11.9 Å². The summed E-state index contributed by atoms with van der Waals surface area (Å²) in [6.45, 7) is 2.41. The van der Waals surface area contributed by atoms with Crippen LogP contribution in [0.1, 0.15) is 15.9 Å². The molecule has 0 aliphatic carbocycles. The number of hydrogen-bond acceptors (Lipinski definition) is 5. The lowest BCUT2D eigenvalue weighted by molar-refractivity contribution is -0.137. The summed E-state index contributed by atoms with van der Waals surface area (Å²) in [6, 6.07) is 4.72. The minimum Gasteiger partial charge on any atom is -0.496 e. The first-order valence-electron chi connectivity index (χ1n) is 7.49. The molecule has 23 heavy (non-hydrogen) atoms. The SMILES string of the molecule is COc1cc(C(=O)O)ccc1CCNC(=O)C1CN(C)CCO1. The van der Waals surface area contributed by atoms with Crippen molar-refractivity contribution in [1.29, 1.82) is 0 Å². The van der Waals surface area contributed by atoms with Crippen LogP contribution in [0.25, 0.3) is 0 Å². The highest BCUT2D eigenvalue weighted by Crippen LogP contribution is 2.20. The Balaban J connectivity index is 1.88. The lowest BCUT2D eigenvalue weighted by Crippen LogP contribution is -2.48. The molecule has 2 rings (SSSR count). The largest absolute Gasteiger partial charge is 0.496 e. The van der Waals surface area contributed by atoms with Gasteiger partial charge in [0.25, 0.3) is 0 Å². The molecular formula is C16H22N2O5. The Hall–Kier alpha value is -2.12. The van der Waals surface area contributed by atoms with Crippen LogP contribution in [-0.2, 0) is 16.0 Å². The Morgan fingerprint density at radius 1 is 1.48 bits per heavy atom. The quantitative estimate of drug-likeness (QED) is 0.787. The van der Waals surface area contributed by atoms with Gasteiger partial charge in [0.05, 0.1) is 19.3 Å². The van der Waals surface area contributed by atoms with E-state index in [1.54, 1.807) is 6.07 Å². The van der Waals surface area contributed by atoms with Crippen LogP contribution in [0.2, 0.25) is 0 Å². The van der Waals surface area contributed by atoms with E-state index in [9.17, 15) is 9.59 Å². The highest BCUT2D eigenvalue weighted by atomic mass is 16.5. The fraction of sp³-hybridized carbons (Fsp3) is 0.500. The second kappa shape index (κ2) is 7.94. The third-order valence-electron chi connectivity index (χ3n) is 3.79. The summed E-state index contributed by atoms with van der Waals surface area (Å²) >= 11 is 0. The first kappa shape index (κ1) is 17.2. The number of ether oxygens (including phenoxy) is 2. The second-order valence-corrected chi connectivity index (χ2v) is 5.49. The molecule has 1 amide bonds. The molecule has 0 spiro atoms. The molecule has 1 aliphatic heterocycles. The molecular weight excluding hydrogens is 300 g/mol. The molecule has 1 aliphatic rings. The van der Waals surface area contributed by atoms with Gasteiger partial charge < -0.3 is 24.8 Å². The number of carbonyl (C=O) groups is 2. The highest BCUT2D eigenvalue weighted by molar-refractivity contribution is 5.88. The molecule has 1 aromatic rings. The van der Waals surface area contributed by atoms with Crippen LogP contribution in [0, 0.1) is 0 Å². The van der Waals surface area contributed by atoms with Crippen LogP contribution in [0.15, 0.2) is 18.2 Å². The maximum Gasteiger partial charge on any atom is 0.335 e. The van der Waals surface area contributed by atoms with Crippen molar-refractivity contribution < 1.29 is 24.2 Å². The fourth-order valence-corrected chi connectivity index (χ4v) is 2.45. The number of morpholine rings is 1. The van der Waals surface area contributed by atoms with Crippen molar-refractivity contribution in [2.75, 3.05) is 40.4 Å². The number of nitrogens with one attached hydrogen (secondary N) is 1. The van der Waals surface area contributed by atoms with Crippen molar-refractivity contribution >= 4 is 11.9 Å². The van der Waals surface area contributed by atoms with E-state index in [1.165, 1.54) is 19.2 Å². The third kappa shape index (κ3) is 4.67. The number of methoxy groups -OCH3 is 1. The maximum absolute atomic E-state index is 12.1. The van der Waals surface area contributed by atoms with Crippen LogP contribution in [0.5, 0.6) is 5.75 Å². The number of amides is 1. The van der Waals surface area contributed by atoms with Gasteiger partial charge in [0.2, 0.25) is 5.91 Å². The summed E-state index contributed by atoms with van der Waals surface area (Å²) in [5, 5.41) is 11.8. The third-order valence-corrected chi connectivity index (χ3v) is 3.79. The minimum absolute atomic E-state index is 0.127. The number of aromatic carboxylic acids is 1. The van der Waals surface area contributed by atoms with Crippen LogP contribution >= 0.6 is 0 Å². The summed E-state index contributed by atoms with van der Waals surface area (Å²) in [7, 11) is 3.45. The lowest BCUT2D eigenvalue weighted by atomic mass is 10.1. The molecule has 1 fully saturated rings. The Morgan fingerprint density at radius 2 is 2.26 bits per heavy atom. The normalized spacial score (nSPS) is 18.4. The maximum atomic E-state index is 12.1. The Bertz CT molecular complexity index is 576. The zero-order chi connectivity index (χ0) is 16.8. The van der Waals surface area contributed by atoms with Gasteiger partial charge in [0.15, 0.2) is 0 Å². The number of rotatable bonds is 6. The summed E-state index contributed by atoms with van der Waals surface area (Å²) in [4.78, 5) is 25.1. The van der Waals surface area contributed by atoms with Crippen molar-refractivity contribution in [2.24, 2.45) is 0 Å². The van der Waals surface area contributed by atoms with Crippen LogP contribution in [-0.4, -0.2) is 68.4 Å². The predicted octanol–water partition coefficient (Wildman–Crippen LogP) is 0.383. The average Bonchev–Trinajstić information content (AvgIpc) is 2.54. The van der Waals surface area contributed by atoms with Crippen LogP contribution in [0.4, 0.5) is 0 Å². The monoisotopic (exact) mass is 322 g/mol. The number of carbonyl (C=O) groups excluding carboxylic acids is 1. The second-order valence-electron chi connectivity index (χ2n) is 5.49. The van der Waals surface area contributed by atoms with Gasteiger partial charge >= 0.3 is 5.97 Å². The molecule has 1 saturated heterocycles. The molecule has 0 bridgehead atoms. The van der Waals surface area contributed by atoms with E-state index in [4.69, 9.17) is 14.6 Å². The molecule has 1 heterocycles. The van der Waals surface area contributed by atoms with E-state index in [0.717, 1.165) is 12.1 Å². The number of likely N-dealkylation sites (N-methyl/N-ethyl adjacent to an activating group) is 1. The smallest absolute Gasteiger partial charge is 0.335 e. The molecule has 1 unspecified atom stereocenters. The van der Waals surface area contributed by atoms with E-state index >= 15 is 0 Å². The molecule has 126 valence electrons. The number of nitrogens with zero attached hydrogens (tertiary/aromatic N) is 1. The molecule has 7 heteroatoms. The number of carboxylic acid groups (broad SMARTS) is 1. The van der Waals surface area contributed by atoms with E-state index in [-0.39, 0.29) is 11.5 Å². The van der Waals surface area contributed by atoms with E-state index in [0.29, 0.717) is 31.9 Å². The Morgan fingerprint density at radius 3 is 2.91 bits per heavy atom. The van der Waals surface area contributed by atoms with Crippen molar-refractivity contribution in [3.8, 4) is 5.75 Å². The van der Waals surface area contributed by atoms with Gasteiger partial charge in [-0.05, 0) is 31.2 Å².